The van der Waals surface area contributed by atoms with Crippen LogP contribution in [0.25, 0.3) is 0 Å². The van der Waals surface area contributed by atoms with Gasteiger partial charge in [-0.1, -0.05) is 15.9 Å². The van der Waals surface area contributed by atoms with Crippen molar-refractivity contribution in [2.24, 2.45) is 0 Å². The molecule has 1 aliphatic carbocycles. The highest BCUT2D eigenvalue weighted by atomic mass is 79.9. The molecule has 18 heavy (non-hydrogen) atoms. The fourth-order valence-electron chi connectivity index (χ4n) is 1.95. The van der Waals surface area contributed by atoms with Crippen LogP contribution in [0.5, 0.6) is 0 Å². The van der Waals surface area contributed by atoms with E-state index in [1.54, 1.807) is 6.07 Å². The molecule has 0 spiro atoms. The van der Waals surface area contributed by atoms with E-state index in [-0.39, 0.29) is 6.42 Å². The molecule has 1 aromatic rings. The Labute approximate surface area is 114 Å². The Bertz CT molecular complexity index is 506. The van der Waals surface area contributed by atoms with Gasteiger partial charge in [0.15, 0.2) is 0 Å². The summed E-state index contributed by atoms with van der Waals surface area (Å²) in [7, 11) is 0. The van der Waals surface area contributed by atoms with E-state index in [1.165, 1.54) is 0 Å². The Morgan fingerprint density at radius 1 is 1.56 bits per heavy atom. The molecule has 5 heteroatoms. The number of carbonyl (C=O) groups is 1. The number of anilines is 1. The number of halogens is 1. The third kappa shape index (κ3) is 3.02. The predicted molar refractivity (Wildman–Crippen MR) is 71.5 cm³/mol. The summed E-state index contributed by atoms with van der Waals surface area (Å²) in [6.07, 6.45) is 2.23. The molecule has 1 fully saturated rings. The van der Waals surface area contributed by atoms with E-state index in [9.17, 15) is 4.79 Å². The number of carboxylic acid groups (broad SMARTS) is 1. The quantitative estimate of drug-likeness (QED) is 0.908. The minimum atomic E-state index is -0.809. The van der Waals surface area contributed by atoms with E-state index in [2.05, 4.69) is 22.0 Å². The summed E-state index contributed by atoms with van der Waals surface area (Å²) < 4.78 is 0.858. The third-order valence-corrected chi connectivity index (χ3v) is 3.44. The summed E-state index contributed by atoms with van der Waals surface area (Å²) in [5.41, 5.74) is 1.42. The molecule has 0 unspecified atom stereocenters. The second kappa shape index (κ2) is 5.40. The Morgan fingerprint density at radius 2 is 2.28 bits per heavy atom. The molecule has 2 rings (SSSR count). The van der Waals surface area contributed by atoms with Gasteiger partial charge < -0.3 is 10.0 Å². The lowest BCUT2D eigenvalue weighted by molar-refractivity contribution is -0.136. The molecule has 1 aromatic carbocycles. The second-order valence-corrected chi connectivity index (χ2v) is 5.26. The number of nitrogens with zero attached hydrogens (tertiary/aromatic N) is 2. The van der Waals surface area contributed by atoms with Gasteiger partial charge in [-0.3, -0.25) is 4.79 Å². The molecule has 1 aliphatic rings. The van der Waals surface area contributed by atoms with Gasteiger partial charge in [0, 0.05) is 17.1 Å². The van der Waals surface area contributed by atoms with Crippen molar-refractivity contribution in [2.45, 2.75) is 25.3 Å². The average molecular weight is 309 g/mol. The second-order valence-electron chi connectivity index (χ2n) is 4.34. The van der Waals surface area contributed by atoms with Crippen LogP contribution in [-0.4, -0.2) is 23.7 Å². The van der Waals surface area contributed by atoms with Crippen molar-refractivity contribution in [3.05, 3.63) is 28.2 Å². The van der Waals surface area contributed by atoms with Crippen molar-refractivity contribution in [3.63, 3.8) is 0 Å². The molecular weight excluding hydrogens is 296 g/mol. The maximum Gasteiger partial charge on any atom is 0.305 e. The van der Waals surface area contributed by atoms with E-state index >= 15 is 0 Å². The average Bonchev–Trinajstić information content (AvgIpc) is 3.15. The zero-order valence-corrected chi connectivity index (χ0v) is 11.4. The summed E-state index contributed by atoms with van der Waals surface area (Å²) in [5.74, 6) is -0.809. The Morgan fingerprint density at radius 3 is 2.83 bits per heavy atom. The SMILES string of the molecule is N#Cc1cc(Br)ccc1N(CCC(=O)O)C1CC1. The monoisotopic (exact) mass is 308 g/mol. The predicted octanol–water partition coefficient (Wildman–Crippen LogP) is 2.76. The minimum Gasteiger partial charge on any atom is -0.481 e. The highest BCUT2D eigenvalue weighted by Gasteiger charge is 2.30. The van der Waals surface area contributed by atoms with E-state index in [1.807, 2.05) is 17.0 Å². The fourth-order valence-corrected chi connectivity index (χ4v) is 2.31. The molecule has 0 atom stereocenters. The van der Waals surface area contributed by atoms with Crippen LogP contribution < -0.4 is 4.90 Å². The van der Waals surface area contributed by atoms with Gasteiger partial charge in [-0.2, -0.15) is 5.26 Å². The van der Waals surface area contributed by atoms with Gasteiger partial charge in [-0.25, -0.2) is 0 Å². The van der Waals surface area contributed by atoms with E-state index in [0.29, 0.717) is 18.2 Å². The maximum absolute atomic E-state index is 10.7. The van der Waals surface area contributed by atoms with E-state index in [4.69, 9.17) is 10.4 Å². The lowest BCUT2D eigenvalue weighted by Gasteiger charge is -2.25. The van der Waals surface area contributed by atoms with Gasteiger partial charge in [0.05, 0.1) is 17.7 Å². The zero-order chi connectivity index (χ0) is 13.1. The molecular formula is C13H13BrN2O2. The highest BCUT2D eigenvalue weighted by Crippen LogP contribution is 2.34. The van der Waals surface area contributed by atoms with Crippen molar-refractivity contribution in [2.75, 3.05) is 11.4 Å². The first-order valence-corrected chi connectivity index (χ1v) is 6.59. The maximum atomic E-state index is 10.7. The van der Waals surface area contributed by atoms with Crippen molar-refractivity contribution < 1.29 is 9.90 Å². The van der Waals surface area contributed by atoms with Crippen LogP contribution in [0.4, 0.5) is 5.69 Å². The number of nitriles is 1. The summed E-state index contributed by atoms with van der Waals surface area (Å²) in [6, 6.07) is 8.08. The first kappa shape index (κ1) is 12.9. The van der Waals surface area contributed by atoms with Gasteiger partial charge in [-0.05, 0) is 31.0 Å². The number of hydrogen-bond acceptors (Lipinski definition) is 3. The largest absolute Gasteiger partial charge is 0.481 e. The number of benzene rings is 1. The van der Waals surface area contributed by atoms with E-state index < -0.39 is 5.97 Å². The fraction of sp³-hybridized carbons (Fsp3) is 0.385. The molecule has 0 aromatic heterocycles. The number of aliphatic carboxylic acids is 1. The Hall–Kier alpha value is -1.54. The molecule has 1 N–H and O–H groups in total. The molecule has 4 nitrogen and oxygen atoms in total. The standard InChI is InChI=1S/C13H13BrN2O2/c14-10-1-4-12(9(7-10)8-15)16(11-2-3-11)6-5-13(17)18/h1,4,7,11H,2-3,5-6H2,(H,17,18). The van der Waals surface area contributed by atoms with Crippen LogP contribution in [0, 0.1) is 11.3 Å². The minimum absolute atomic E-state index is 0.0947. The molecule has 0 saturated heterocycles. The van der Waals surface area contributed by atoms with Crippen molar-refractivity contribution in [3.8, 4) is 6.07 Å². The van der Waals surface area contributed by atoms with Crippen LogP contribution in [0.3, 0.4) is 0 Å². The van der Waals surface area contributed by atoms with Gasteiger partial charge in [-0.15, -0.1) is 0 Å². The summed E-state index contributed by atoms with van der Waals surface area (Å²) >= 11 is 3.34. The number of hydrogen-bond donors (Lipinski definition) is 1. The van der Waals surface area contributed by atoms with Gasteiger partial charge in [0.1, 0.15) is 6.07 Å². The van der Waals surface area contributed by atoms with Crippen LogP contribution in [0.15, 0.2) is 22.7 Å². The summed E-state index contributed by atoms with van der Waals surface area (Å²) in [6.45, 7) is 0.455. The normalized spacial score (nSPS) is 14.0. The van der Waals surface area contributed by atoms with E-state index in [0.717, 1.165) is 23.0 Å². The molecule has 0 radical (unpaired) electrons. The third-order valence-electron chi connectivity index (χ3n) is 2.94. The van der Waals surface area contributed by atoms with Gasteiger partial charge in [0.25, 0.3) is 0 Å². The van der Waals surface area contributed by atoms with Crippen molar-refractivity contribution in [1.82, 2.24) is 0 Å². The molecule has 1 saturated carbocycles. The summed E-state index contributed by atoms with van der Waals surface area (Å²) in [5, 5.41) is 17.9. The molecule has 94 valence electrons. The van der Waals surface area contributed by atoms with Crippen LogP contribution >= 0.6 is 15.9 Å². The lowest BCUT2D eigenvalue weighted by Crippen LogP contribution is -2.29. The highest BCUT2D eigenvalue weighted by molar-refractivity contribution is 9.10. The lowest BCUT2D eigenvalue weighted by atomic mass is 10.1. The number of rotatable bonds is 5. The Balaban J connectivity index is 2.25. The van der Waals surface area contributed by atoms with Crippen molar-refractivity contribution in [1.29, 1.82) is 5.26 Å². The van der Waals surface area contributed by atoms with Crippen LogP contribution in [-0.2, 0) is 4.79 Å². The molecule has 0 heterocycles. The van der Waals surface area contributed by atoms with Crippen LogP contribution in [0.1, 0.15) is 24.8 Å². The zero-order valence-electron chi connectivity index (χ0n) is 9.77. The first-order chi connectivity index (χ1) is 8.61. The first-order valence-electron chi connectivity index (χ1n) is 5.80. The molecule has 0 aliphatic heterocycles. The van der Waals surface area contributed by atoms with Crippen LogP contribution in [0.2, 0.25) is 0 Å². The molecule has 0 amide bonds. The summed E-state index contributed by atoms with van der Waals surface area (Å²) in [4.78, 5) is 12.7. The Kier molecular flexibility index (Phi) is 3.87. The van der Waals surface area contributed by atoms with Gasteiger partial charge in [0.2, 0.25) is 0 Å². The van der Waals surface area contributed by atoms with Gasteiger partial charge >= 0.3 is 5.97 Å². The topological polar surface area (TPSA) is 64.3 Å². The number of carboxylic acids is 1. The van der Waals surface area contributed by atoms with Crippen molar-refractivity contribution >= 4 is 27.6 Å². The smallest absolute Gasteiger partial charge is 0.305 e. The molecule has 0 bridgehead atoms.